The molecule has 19 heavy (non-hydrogen) atoms. The van der Waals surface area contributed by atoms with Crippen LogP contribution < -0.4 is 10.6 Å². The van der Waals surface area contributed by atoms with Crippen LogP contribution in [0, 0.1) is 11.3 Å². The highest BCUT2D eigenvalue weighted by atomic mass is 16.4. The highest BCUT2D eigenvalue weighted by molar-refractivity contribution is 5.75. The van der Waals surface area contributed by atoms with Crippen LogP contribution in [0.4, 0.5) is 4.79 Å². The molecule has 2 amide bonds. The molecule has 2 aliphatic carbocycles. The number of hydrogen-bond acceptors (Lipinski definition) is 2. The molecule has 0 radical (unpaired) electrons. The van der Waals surface area contributed by atoms with Gasteiger partial charge in [-0.25, -0.2) is 4.79 Å². The summed E-state index contributed by atoms with van der Waals surface area (Å²) in [7, 11) is 0. The van der Waals surface area contributed by atoms with E-state index >= 15 is 0 Å². The predicted molar refractivity (Wildman–Crippen MR) is 71.9 cm³/mol. The largest absolute Gasteiger partial charge is 0.481 e. The molecule has 2 saturated carbocycles. The van der Waals surface area contributed by atoms with Crippen molar-refractivity contribution in [1.82, 2.24) is 10.6 Å². The second-order valence-electron chi connectivity index (χ2n) is 6.77. The second-order valence-corrected chi connectivity index (χ2v) is 6.77. The number of nitrogens with one attached hydrogen (secondary N) is 2. The first-order valence-electron chi connectivity index (χ1n) is 7.15. The number of aliphatic carboxylic acids is 1. The third kappa shape index (κ3) is 3.85. The number of carboxylic acids is 1. The summed E-state index contributed by atoms with van der Waals surface area (Å²) in [5, 5.41) is 14.8. The lowest BCUT2D eigenvalue weighted by Crippen LogP contribution is -2.45. The molecule has 0 spiro atoms. The fourth-order valence-corrected chi connectivity index (χ4v) is 3.31. The standard InChI is InChI=1S/C14H24N2O3/c1-14(2)6-5-11(8-14)16-13(19)15-10-4-3-9(7-10)12(17)18/h9-11H,3-8H2,1-2H3,(H,17,18)(H2,15,16,19)/t9-,10+,11?/m1/s1. The minimum absolute atomic E-state index is 0.00973. The van der Waals surface area contributed by atoms with Gasteiger partial charge in [0.05, 0.1) is 5.92 Å². The van der Waals surface area contributed by atoms with Gasteiger partial charge in [-0.05, 0) is 43.9 Å². The fourth-order valence-electron chi connectivity index (χ4n) is 3.31. The van der Waals surface area contributed by atoms with Crippen molar-refractivity contribution >= 4 is 12.0 Å². The van der Waals surface area contributed by atoms with Crippen LogP contribution >= 0.6 is 0 Å². The van der Waals surface area contributed by atoms with Crippen molar-refractivity contribution in [2.75, 3.05) is 0 Å². The van der Waals surface area contributed by atoms with E-state index in [1.807, 2.05) is 0 Å². The van der Waals surface area contributed by atoms with Gasteiger partial charge in [0.15, 0.2) is 0 Å². The van der Waals surface area contributed by atoms with Gasteiger partial charge in [0.2, 0.25) is 0 Å². The maximum atomic E-state index is 11.9. The first-order valence-corrected chi connectivity index (χ1v) is 7.15. The van der Waals surface area contributed by atoms with Crippen molar-refractivity contribution in [3.8, 4) is 0 Å². The topological polar surface area (TPSA) is 78.4 Å². The highest BCUT2D eigenvalue weighted by Crippen LogP contribution is 2.36. The molecule has 2 rings (SSSR count). The molecule has 3 N–H and O–H groups in total. The molecule has 0 aromatic heterocycles. The fraction of sp³-hybridized carbons (Fsp3) is 0.857. The average Bonchev–Trinajstić information content (AvgIpc) is 2.85. The monoisotopic (exact) mass is 268 g/mol. The summed E-state index contributed by atoms with van der Waals surface area (Å²) in [6.45, 7) is 4.45. The molecule has 0 heterocycles. The maximum absolute atomic E-state index is 11.9. The average molecular weight is 268 g/mol. The van der Waals surface area contributed by atoms with Gasteiger partial charge in [0.25, 0.3) is 0 Å². The van der Waals surface area contributed by atoms with Crippen LogP contribution in [0.15, 0.2) is 0 Å². The molecule has 3 atom stereocenters. The quantitative estimate of drug-likeness (QED) is 0.733. The number of urea groups is 1. The number of carboxylic acid groups (broad SMARTS) is 1. The van der Waals surface area contributed by atoms with Gasteiger partial charge < -0.3 is 15.7 Å². The first kappa shape index (κ1) is 14.2. The number of hydrogen-bond donors (Lipinski definition) is 3. The van der Waals surface area contributed by atoms with Crippen LogP contribution in [0.25, 0.3) is 0 Å². The van der Waals surface area contributed by atoms with Crippen molar-refractivity contribution in [2.45, 2.75) is 64.5 Å². The molecule has 0 aliphatic heterocycles. The third-order valence-corrected chi connectivity index (χ3v) is 4.42. The number of carbonyl (C=O) groups is 2. The van der Waals surface area contributed by atoms with Crippen molar-refractivity contribution in [3.05, 3.63) is 0 Å². The minimum Gasteiger partial charge on any atom is -0.481 e. The zero-order valence-electron chi connectivity index (χ0n) is 11.7. The Bertz CT molecular complexity index is 368. The van der Waals surface area contributed by atoms with E-state index in [0.717, 1.165) is 25.7 Å². The Morgan fingerprint density at radius 1 is 1.11 bits per heavy atom. The number of rotatable bonds is 3. The zero-order chi connectivity index (χ0) is 14.0. The van der Waals surface area contributed by atoms with Crippen LogP contribution in [-0.4, -0.2) is 29.2 Å². The Morgan fingerprint density at radius 3 is 2.32 bits per heavy atom. The van der Waals surface area contributed by atoms with Gasteiger partial charge in [-0.15, -0.1) is 0 Å². The molecule has 0 saturated heterocycles. The Hall–Kier alpha value is -1.26. The van der Waals surface area contributed by atoms with E-state index in [9.17, 15) is 9.59 Å². The molecular formula is C14H24N2O3. The Labute approximate surface area is 114 Å². The number of amides is 2. The summed E-state index contributed by atoms with van der Waals surface area (Å²) in [6, 6.07) is 0.126. The van der Waals surface area contributed by atoms with Crippen molar-refractivity contribution < 1.29 is 14.7 Å². The van der Waals surface area contributed by atoms with Crippen LogP contribution in [0.2, 0.25) is 0 Å². The van der Waals surface area contributed by atoms with E-state index in [4.69, 9.17) is 5.11 Å². The minimum atomic E-state index is -0.748. The van der Waals surface area contributed by atoms with E-state index in [1.165, 1.54) is 0 Å². The molecule has 0 bridgehead atoms. The molecule has 0 aromatic carbocycles. The van der Waals surface area contributed by atoms with Gasteiger partial charge >= 0.3 is 12.0 Å². The lowest BCUT2D eigenvalue weighted by molar-refractivity contribution is -0.141. The van der Waals surface area contributed by atoms with E-state index in [-0.39, 0.29) is 24.0 Å². The van der Waals surface area contributed by atoms with Crippen LogP contribution in [0.5, 0.6) is 0 Å². The summed E-state index contributed by atoms with van der Waals surface area (Å²) in [5.74, 6) is -1.04. The third-order valence-electron chi connectivity index (χ3n) is 4.42. The molecule has 5 heteroatoms. The molecule has 0 aromatic rings. The Balaban J connectivity index is 1.72. The van der Waals surface area contributed by atoms with Crippen LogP contribution in [0.1, 0.15) is 52.4 Å². The normalized spacial score (nSPS) is 33.1. The lowest BCUT2D eigenvalue weighted by Gasteiger charge is -2.19. The van der Waals surface area contributed by atoms with Gasteiger partial charge in [-0.2, -0.15) is 0 Å². The first-order chi connectivity index (χ1) is 8.85. The van der Waals surface area contributed by atoms with Gasteiger partial charge in [-0.3, -0.25) is 4.79 Å². The predicted octanol–water partition coefficient (Wildman–Crippen LogP) is 2.12. The SMILES string of the molecule is CC1(C)CCC(NC(=O)N[C@H]2CC[C@@H](C(=O)O)C2)C1. The highest BCUT2D eigenvalue weighted by Gasteiger charge is 2.33. The Morgan fingerprint density at radius 2 is 1.79 bits per heavy atom. The molecule has 108 valence electrons. The summed E-state index contributed by atoms with van der Waals surface area (Å²) < 4.78 is 0. The lowest BCUT2D eigenvalue weighted by atomic mass is 9.92. The van der Waals surface area contributed by atoms with E-state index in [0.29, 0.717) is 18.3 Å². The summed E-state index contributed by atoms with van der Waals surface area (Å²) in [5.41, 5.74) is 0.319. The van der Waals surface area contributed by atoms with Gasteiger partial charge in [-0.1, -0.05) is 13.8 Å². The summed E-state index contributed by atoms with van der Waals surface area (Å²) in [4.78, 5) is 22.7. The summed E-state index contributed by atoms with van der Waals surface area (Å²) >= 11 is 0. The molecule has 2 aliphatic rings. The Kier molecular flexibility index (Phi) is 4.02. The smallest absolute Gasteiger partial charge is 0.315 e. The zero-order valence-corrected chi connectivity index (χ0v) is 11.7. The van der Waals surface area contributed by atoms with Gasteiger partial charge in [0, 0.05) is 12.1 Å². The number of carbonyl (C=O) groups excluding carboxylic acids is 1. The van der Waals surface area contributed by atoms with Crippen molar-refractivity contribution in [1.29, 1.82) is 0 Å². The summed E-state index contributed by atoms with van der Waals surface area (Å²) in [6.07, 6.45) is 5.17. The molecular weight excluding hydrogens is 244 g/mol. The van der Waals surface area contributed by atoms with E-state index < -0.39 is 5.97 Å². The van der Waals surface area contributed by atoms with Gasteiger partial charge in [0.1, 0.15) is 0 Å². The van der Waals surface area contributed by atoms with E-state index in [1.54, 1.807) is 0 Å². The van der Waals surface area contributed by atoms with Crippen LogP contribution in [-0.2, 0) is 4.79 Å². The second kappa shape index (κ2) is 5.39. The van der Waals surface area contributed by atoms with Crippen molar-refractivity contribution in [2.24, 2.45) is 11.3 Å². The maximum Gasteiger partial charge on any atom is 0.315 e. The van der Waals surface area contributed by atoms with Crippen molar-refractivity contribution in [3.63, 3.8) is 0 Å². The molecule has 2 fully saturated rings. The van der Waals surface area contributed by atoms with E-state index in [2.05, 4.69) is 24.5 Å². The molecule has 1 unspecified atom stereocenters. The van der Waals surface area contributed by atoms with Crippen LogP contribution in [0.3, 0.4) is 0 Å². The molecule has 5 nitrogen and oxygen atoms in total.